The van der Waals surface area contributed by atoms with Gasteiger partial charge in [-0.1, -0.05) is 32.1 Å². The summed E-state index contributed by atoms with van der Waals surface area (Å²) in [5, 5.41) is 0. The lowest BCUT2D eigenvalue weighted by molar-refractivity contribution is 0.443. The minimum Gasteiger partial charge on any atom is -0.257 e. The van der Waals surface area contributed by atoms with Crippen LogP contribution in [0.25, 0.3) is 5.57 Å². The Hall–Kier alpha value is -1.37. The van der Waals surface area contributed by atoms with Gasteiger partial charge < -0.3 is 0 Å². The molecule has 0 aliphatic carbocycles. The summed E-state index contributed by atoms with van der Waals surface area (Å²) in [6, 6.07) is 6.02. The summed E-state index contributed by atoms with van der Waals surface area (Å²) in [5.41, 5.74) is 2.51. The second kappa shape index (κ2) is 5.64. The van der Waals surface area contributed by atoms with Crippen molar-refractivity contribution in [1.82, 2.24) is 4.98 Å². The zero-order chi connectivity index (χ0) is 12.0. The molecular formula is C15H21N. The van der Waals surface area contributed by atoms with Gasteiger partial charge >= 0.3 is 0 Å². The van der Waals surface area contributed by atoms with E-state index >= 15 is 0 Å². The van der Waals surface area contributed by atoms with E-state index in [0.29, 0.717) is 0 Å². The Bertz CT molecular complexity index is 360. The molecular weight excluding hydrogens is 194 g/mol. The Balaban J connectivity index is 2.79. The number of hydrogen-bond donors (Lipinski definition) is 0. The Morgan fingerprint density at radius 1 is 1.44 bits per heavy atom. The lowest BCUT2D eigenvalue weighted by Crippen LogP contribution is -2.07. The molecule has 0 aromatic carbocycles. The molecule has 1 heteroatoms. The van der Waals surface area contributed by atoms with Crippen molar-refractivity contribution in [1.29, 1.82) is 0 Å². The van der Waals surface area contributed by atoms with E-state index in [4.69, 9.17) is 0 Å². The number of aromatic nitrogens is 1. The summed E-state index contributed by atoms with van der Waals surface area (Å²) in [6.45, 7) is 10.4. The van der Waals surface area contributed by atoms with Gasteiger partial charge in [0.2, 0.25) is 0 Å². The zero-order valence-corrected chi connectivity index (χ0v) is 10.5. The number of pyridine rings is 1. The Morgan fingerprint density at radius 2 is 2.19 bits per heavy atom. The first-order valence-electron chi connectivity index (χ1n) is 5.77. The standard InChI is InChI=1S/C15H21N/c1-5-6-10-15(3,4)12-13(2)14-9-7-8-11-16-14/h5,7-9,11-12H,1,6,10H2,2-4H3/b13-12+. The van der Waals surface area contributed by atoms with E-state index in [2.05, 4.69) is 44.5 Å². The molecule has 1 aromatic heterocycles. The molecule has 1 nitrogen and oxygen atoms in total. The van der Waals surface area contributed by atoms with Crippen molar-refractivity contribution in [2.24, 2.45) is 5.41 Å². The summed E-state index contributed by atoms with van der Waals surface area (Å²) < 4.78 is 0. The highest BCUT2D eigenvalue weighted by molar-refractivity contribution is 5.60. The normalized spacial score (nSPS) is 12.6. The summed E-state index contributed by atoms with van der Waals surface area (Å²) in [5.74, 6) is 0. The van der Waals surface area contributed by atoms with E-state index < -0.39 is 0 Å². The molecule has 1 heterocycles. The van der Waals surface area contributed by atoms with Gasteiger partial charge in [0, 0.05) is 6.20 Å². The molecule has 0 unspecified atom stereocenters. The van der Waals surface area contributed by atoms with Gasteiger partial charge in [-0.3, -0.25) is 4.98 Å². The van der Waals surface area contributed by atoms with Gasteiger partial charge in [0.25, 0.3) is 0 Å². The third-order valence-corrected chi connectivity index (χ3v) is 2.67. The Morgan fingerprint density at radius 3 is 2.75 bits per heavy atom. The molecule has 0 bridgehead atoms. The molecule has 0 aliphatic heterocycles. The molecule has 0 N–H and O–H groups in total. The van der Waals surface area contributed by atoms with E-state index in [-0.39, 0.29) is 5.41 Å². The van der Waals surface area contributed by atoms with Crippen LogP contribution in [-0.4, -0.2) is 4.98 Å². The van der Waals surface area contributed by atoms with Crippen molar-refractivity contribution in [3.05, 3.63) is 48.8 Å². The minimum absolute atomic E-state index is 0.204. The van der Waals surface area contributed by atoms with Crippen LogP contribution in [0.15, 0.2) is 43.1 Å². The van der Waals surface area contributed by atoms with Crippen LogP contribution in [0.4, 0.5) is 0 Å². The van der Waals surface area contributed by atoms with Gasteiger partial charge in [-0.15, -0.1) is 6.58 Å². The smallest absolute Gasteiger partial charge is 0.0655 e. The average Bonchev–Trinajstić information content (AvgIpc) is 2.27. The minimum atomic E-state index is 0.204. The van der Waals surface area contributed by atoms with E-state index in [1.807, 2.05) is 24.4 Å². The maximum atomic E-state index is 4.35. The van der Waals surface area contributed by atoms with Gasteiger partial charge in [0.15, 0.2) is 0 Å². The molecule has 0 saturated heterocycles. The van der Waals surface area contributed by atoms with E-state index in [1.165, 1.54) is 5.57 Å². The summed E-state index contributed by atoms with van der Waals surface area (Å²) in [7, 11) is 0. The maximum Gasteiger partial charge on any atom is 0.0655 e. The highest BCUT2D eigenvalue weighted by Crippen LogP contribution is 2.28. The van der Waals surface area contributed by atoms with Gasteiger partial charge in [0.05, 0.1) is 5.69 Å². The first-order valence-corrected chi connectivity index (χ1v) is 5.77. The van der Waals surface area contributed by atoms with Crippen LogP contribution in [-0.2, 0) is 0 Å². The SMILES string of the molecule is C=CCCC(C)(C)/C=C(\C)c1ccccn1. The van der Waals surface area contributed by atoms with Gasteiger partial charge in [-0.05, 0) is 42.9 Å². The van der Waals surface area contributed by atoms with E-state index in [0.717, 1.165) is 18.5 Å². The van der Waals surface area contributed by atoms with Crippen molar-refractivity contribution < 1.29 is 0 Å². The fourth-order valence-corrected chi connectivity index (χ4v) is 1.80. The highest BCUT2D eigenvalue weighted by atomic mass is 14.7. The molecule has 0 radical (unpaired) electrons. The first-order chi connectivity index (χ1) is 7.55. The molecule has 0 atom stereocenters. The quantitative estimate of drug-likeness (QED) is 0.660. The second-order valence-electron chi connectivity index (χ2n) is 4.86. The molecule has 0 saturated carbocycles. The van der Waals surface area contributed by atoms with Crippen molar-refractivity contribution >= 4 is 5.57 Å². The molecule has 0 fully saturated rings. The second-order valence-corrected chi connectivity index (χ2v) is 4.86. The van der Waals surface area contributed by atoms with Crippen LogP contribution < -0.4 is 0 Å². The predicted octanol–water partition coefficient (Wildman–Crippen LogP) is 4.48. The molecule has 1 aromatic rings. The lowest BCUT2D eigenvalue weighted by Gasteiger charge is -2.20. The number of hydrogen-bond acceptors (Lipinski definition) is 1. The molecule has 1 rings (SSSR count). The van der Waals surface area contributed by atoms with Crippen LogP contribution in [0.1, 0.15) is 39.3 Å². The van der Waals surface area contributed by atoms with Crippen LogP contribution in [0, 0.1) is 5.41 Å². The van der Waals surface area contributed by atoms with E-state index in [1.54, 1.807) is 0 Å². The van der Waals surface area contributed by atoms with Crippen LogP contribution >= 0.6 is 0 Å². The first kappa shape index (κ1) is 12.7. The monoisotopic (exact) mass is 215 g/mol. The van der Waals surface area contributed by atoms with Crippen molar-refractivity contribution in [2.45, 2.75) is 33.6 Å². The Labute approximate surface area is 98.9 Å². The zero-order valence-electron chi connectivity index (χ0n) is 10.5. The highest BCUT2D eigenvalue weighted by Gasteiger charge is 2.14. The summed E-state index contributed by atoms with van der Waals surface area (Å²) in [6.07, 6.45) is 8.30. The molecule has 16 heavy (non-hydrogen) atoms. The van der Waals surface area contributed by atoms with Gasteiger partial charge in [-0.25, -0.2) is 0 Å². The lowest BCUT2D eigenvalue weighted by atomic mass is 9.85. The van der Waals surface area contributed by atoms with Gasteiger partial charge in [0.1, 0.15) is 0 Å². The molecule has 86 valence electrons. The van der Waals surface area contributed by atoms with Crippen LogP contribution in [0.5, 0.6) is 0 Å². The average molecular weight is 215 g/mol. The molecule has 0 amide bonds. The molecule has 0 spiro atoms. The fourth-order valence-electron chi connectivity index (χ4n) is 1.80. The number of rotatable bonds is 5. The van der Waals surface area contributed by atoms with Crippen LogP contribution in [0.3, 0.4) is 0 Å². The van der Waals surface area contributed by atoms with E-state index in [9.17, 15) is 0 Å². The Kier molecular flexibility index (Phi) is 4.48. The van der Waals surface area contributed by atoms with Gasteiger partial charge in [-0.2, -0.15) is 0 Å². The summed E-state index contributed by atoms with van der Waals surface area (Å²) in [4.78, 5) is 4.35. The summed E-state index contributed by atoms with van der Waals surface area (Å²) >= 11 is 0. The van der Waals surface area contributed by atoms with Crippen molar-refractivity contribution in [3.63, 3.8) is 0 Å². The topological polar surface area (TPSA) is 12.9 Å². The maximum absolute atomic E-state index is 4.35. The van der Waals surface area contributed by atoms with Crippen molar-refractivity contribution in [2.75, 3.05) is 0 Å². The molecule has 0 aliphatic rings. The predicted molar refractivity (Wildman–Crippen MR) is 71.1 cm³/mol. The van der Waals surface area contributed by atoms with Crippen molar-refractivity contribution in [3.8, 4) is 0 Å². The third-order valence-electron chi connectivity index (χ3n) is 2.67. The number of nitrogens with zero attached hydrogens (tertiary/aromatic N) is 1. The fraction of sp³-hybridized carbons (Fsp3) is 0.400. The van der Waals surface area contributed by atoms with Crippen LogP contribution in [0.2, 0.25) is 0 Å². The number of allylic oxidation sites excluding steroid dienone is 3. The third kappa shape index (κ3) is 4.01. The largest absolute Gasteiger partial charge is 0.257 e.